The Bertz CT molecular complexity index is 895. The van der Waals surface area contributed by atoms with Gasteiger partial charge in [0.25, 0.3) is 5.91 Å². The Balaban J connectivity index is 1.99. The lowest BCUT2D eigenvalue weighted by Crippen LogP contribution is -2.13. The van der Waals surface area contributed by atoms with E-state index in [-0.39, 0.29) is 5.91 Å². The number of carbonyl (C=O) groups is 1. The summed E-state index contributed by atoms with van der Waals surface area (Å²) in [5, 5.41) is 5.34. The number of amides is 1. The van der Waals surface area contributed by atoms with Gasteiger partial charge in [0.15, 0.2) is 0 Å². The number of anilines is 1. The first kappa shape index (κ1) is 16.1. The fourth-order valence-corrected chi connectivity index (χ4v) is 3.25. The molecule has 0 atom stereocenters. The van der Waals surface area contributed by atoms with Crippen LogP contribution in [-0.4, -0.2) is 13.0 Å². The van der Waals surface area contributed by atoms with Crippen molar-refractivity contribution in [3.63, 3.8) is 0 Å². The maximum atomic E-state index is 12.6. The quantitative estimate of drug-likeness (QED) is 0.560. The largest absolute Gasteiger partial charge is 0.496 e. The molecule has 0 radical (unpaired) electrons. The summed E-state index contributed by atoms with van der Waals surface area (Å²) in [7, 11) is 1.55. The van der Waals surface area contributed by atoms with Crippen molar-refractivity contribution >= 4 is 56.6 Å². The number of halogens is 2. The summed E-state index contributed by atoms with van der Waals surface area (Å²) in [5.74, 6) is 0.276. The number of carbonyl (C=O) groups excluding carboxylic acids is 1. The van der Waals surface area contributed by atoms with E-state index in [0.717, 1.165) is 14.3 Å². The van der Waals surface area contributed by atoms with Gasteiger partial charge in [-0.1, -0.05) is 35.9 Å². The number of ether oxygens (including phenoxy) is 1. The molecule has 3 nitrogen and oxygen atoms in total. The lowest BCUT2D eigenvalue weighted by Gasteiger charge is -2.12. The van der Waals surface area contributed by atoms with Crippen molar-refractivity contribution in [3.05, 3.63) is 68.8 Å². The second kappa shape index (κ2) is 6.76. The molecule has 1 amide bonds. The van der Waals surface area contributed by atoms with Gasteiger partial charge in [-0.15, -0.1) is 0 Å². The van der Waals surface area contributed by atoms with E-state index in [1.54, 1.807) is 19.2 Å². The third-order valence-electron chi connectivity index (χ3n) is 3.49. The Labute approximate surface area is 152 Å². The van der Waals surface area contributed by atoms with Gasteiger partial charge in [-0.25, -0.2) is 0 Å². The zero-order valence-electron chi connectivity index (χ0n) is 12.3. The molecule has 5 heteroatoms. The minimum absolute atomic E-state index is 0.254. The number of fused-ring (bicyclic) bond motifs is 1. The second-order valence-electron chi connectivity index (χ2n) is 4.98. The van der Waals surface area contributed by atoms with Crippen LogP contribution in [0, 0.1) is 3.57 Å². The smallest absolute Gasteiger partial charge is 0.259 e. The number of nitrogens with one attached hydrogen (secondary N) is 1. The summed E-state index contributed by atoms with van der Waals surface area (Å²) in [4.78, 5) is 12.6. The first-order valence-corrected chi connectivity index (χ1v) is 8.37. The molecule has 0 bridgehead atoms. The van der Waals surface area contributed by atoms with Crippen LogP contribution in [0.5, 0.6) is 5.75 Å². The Morgan fingerprint density at radius 2 is 1.78 bits per heavy atom. The fraction of sp³-hybridized carbons (Fsp3) is 0.0556. The number of benzene rings is 3. The second-order valence-corrected chi connectivity index (χ2v) is 6.63. The minimum atomic E-state index is -0.254. The van der Waals surface area contributed by atoms with Crippen LogP contribution in [0.3, 0.4) is 0 Å². The monoisotopic (exact) mass is 437 g/mol. The molecule has 0 aliphatic heterocycles. The van der Waals surface area contributed by atoms with E-state index in [9.17, 15) is 4.79 Å². The number of rotatable bonds is 3. The molecule has 0 aliphatic rings. The average Bonchev–Trinajstić information content (AvgIpc) is 2.56. The Hall–Kier alpha value is -1.79. The zero-order chi connectivity index (χ0) is 16.4. The molecular weight excluding hydrogens is 425 g/mol. The molecular formula is C18H13ClINO2. The van der Waals surface area contributed by atoms with Gasteiger partial charge in [-0.3, -0.25) is 4.79 Å². The van der Waals surface area contributed by atoms with Crippen molar-refractivity contribution in [2.75, 3.05) is 12.4 Å². The van der Waals surface area contributed by atoms with Crippen LogP contribution < -0.4 is 10.1 Å². The van der Waals surface area contributed by atoms with E-state index in [0.29, 0.717) is 22.0 Å². The van der Waals surface area contributed by atoms with Gasteiger partial charge >= 0.3 is 0 Å². The number of hydrogen-bond donors (Lipinski definition) is 1. The lowest BCUT2D eigenvalue weighted by atomic mass is 10.1. The summed E-state index contributed by atoms with van der Waals surface area (Å²) in [5.41, 5.74) is 1.05. The van der Waals surface area contributed by atoms with Gasteiger partial charge in [-0.05, 0) is 63.7 Å². The molecule has 3 rings (SSSR count). The standard InChI is InChI=1S/C18H13ClINO2/c1-23-17-9-12-5-3-2-4-11(12)8-14(17)18(22)21-16-7-6-13(20)10-15(16)19/h2-10H,1H3,(H,21,22). The topological polar surface area (TPSA) is 38.3 Å². The summed E-state index contributed by atoms with van der Waals surface area (Å²) >= 11 is 8.35. The third-order valence-corrected chi connectivity index (χ3v) is 4.48. The van der Waals surface area contributed by atoms with Gasteiger partial charge in [0, 0.05) is 3.57 Å². The van der Waals surface area contributed by atoms with Gasteiger partial charge in [0.05, 0.1) is 23.4 Å². The van der Waals surface area contributed by atoms with Crippen LogP contribution in [-0.2, 0) is 0 Å². The molecule has 0 unspecified atom stereocenters. The van der Waals surface area contributed by atoms with Crippen molar-refractivity contribution in [1.29, 1.82) is 0 Å². The van der Waals surface area contributed by atoms with Gasteiger partial charge < -0.3 is 10.1 Å². The first-order chi connectivity index (χ1) is 11.1. The molecule has 0 aromatic heterocycles. The van der Waals surface area contributed by atoms with E-state index in [4.69, 9.17) is 16.3 Å². The molecule has 3 aromatic carbocycles. The predicted molar refractivity (Wildman–Crippen MR) is 103 cm³/mol. The highest BCUT2D eigenvalue weighted by molar-refractivity contribution is 14.1. The van der Waals surface area contributed by atoms with Crippen molar-refractivity contribution in [3.8, 4) is 5.75 Å². The summed E-state index contributed by atoms with van der Waals surface area (Å²) < 4.78 is 6.37. The van der Waals surface area contributed by atoms with Crippen molar-refractivity contribution in [2.45, 2.75) is 0 Å². The molecule has 0 saturated carbocycles. The normalized spacial score (nSPS) is 10.6. The van der Waals surface area contributed by atoms with Gasteiger partial charge in [0.2, 0.25) is 0 Å². The molecule has 0 fully saturated rings. The van der Waals surface area contributed by atoms with Crippen molar-refractivity contribution in [2.24, 2.45) is 0 Å². The molecule has 116 valence electrons. The molecule has 0 saturated heterocycles. The van der Waals surface area contributed by atoms with Crippen LogP contribution in [0.4, 0.5) is 5.69 Å². The van der Waals surface area contributed by atoms with Crippen LogP contribution in [0.2, 0.25) is 5.02 Å². The molecule has 0 spiro atoms. The highest BCUT2D eigenvalue weighted by Crippen LogP contribution is 2.29. The predicted octanol–water partition coefficient (Wildman–Crippen LogP) is 5.36. The molecule has 0 aliphatic carbocycles. The number of methoxy groups -OCH3 is 1. The highest BCUT2D eigenvalue weighted by atomic mass is 127. The first-order valence-electron chi connectivity index (χ1n) is 6.91. The number of hydrogen-bond acceptors (Lipinski definition) is 2. The van der Waals surface area contributed by atoms with Crippen LogP contribution >= 0.6 is 34.2 Å². The molecule has 3 aromatic rings. The average molecular weight is 438 g/mol. The van der Waals surface area contributed by atoms with Crippen LogP contribution in [0.1, 0.15) is 10.4 Å². The van der Waals surface area contributed by atoms with E-state index < -0.39 is 0 Å². The van der Waals surface area contributed by atoms with Crippen molar-refractivity contribution in [1.82, 2.24) is 0 Å². The zero-order valence-corrected chi connectivity index (χ0v) is 15.2. The molecule has 1 N–H and O–H groups in total. The minimum Gasteiger partial charge on any atom is -0.496 e. The van der Waals surface area contributed by atoms with E-state index in [1.165, 1.54) is 0 Å². The lowest BCUT2D eigenvalue weighted by molar-refractivity contribution is 0.102. The molecule has 23 heavy (non-hydrogen) atoms. The van der Waals surface area contributed by atoms with Gasteiger partial charge in [-0.2, -0.15) is 0 Å². The van der Waals surface area contributed by atoms with Crippen LogP contribution in [0.15, 0.2) is 54.6 Å². The Kier molecular flexibility index (Phi) is 4.73. The SMILES string of the molecule is COc1cc2ccccc2cc1C(=O)Nc1ccc(I)cc1Cl. The fourth-order valence-electron chi connectivity index (χ4n) is 2.35. The summed E-state index contributed by atoms with van der Waals surface area (Å²) in [6.07, 6.45) is 0. The summed E-state index contributed by atoms with van der Waals surface area (Å²) in [6.45, 7) is 0. The third kappa shape index (κ3) is 3.43. The van der Waals surface area contributed by atoms with Crippen LogP contribution in [0.25, 0.3) is 10.8 Å². The Morgan fingerprint density at radius 3 is 2.43 bits per heavy atom. The van der Waals surface area contributed by atoms with Crippen molar-refractivity contribution < 1.29 is 9.53 Å². The highest BCUT2D eigenvalue weighted by Gasteiger charge is 2.15. The molecule has 0 heterocycles. The van der Waals surface area contributed by atoms with Gasteiger partial charge in [0.1, 0.15) is 5.75 Å². The van der Waals surface area contributed by atoms with E-state index >= 15 is 0 Å². The van der Waals surface area contributed by atoms with E-state index in [2.05, 4.69) is 27.9 Å². The maximum Gasteiger partial charge on any atom is 0.259 e. The summed E-state index contributed by atoms with van der Waals surface area (Å²) in [6, 6.07) is 17.0. The maximum absolute atomic E-state index is 12.6. The van der Waals surface area contributed by atoms with E-state index in [1.807, 2.05) is 42.5 Å². The Morgan fingerprint density at radius 1 is 1.09 bits per heavy atom.